The number of thiol groups is 1. The van der Waals surface area contributed by atoms with E-state index in [-0.39, 0.29) is 11.8 Å². The van der Waals surface area contributed by atoms with Gasteiger partial charge < -0.3 is 10.6 Å². The Morgan fingerprint density at radius 3 is 2.81 bits per heavy atom. The van der Waals surface area contributed by atoms with Crippen LogP contribution < -0.4 is 10.6 Å². The van der Waals surface area contributed by atoms with Gasteiger partial charge in [0.25, 0.3) is 0 Å². The summed E-state index contributed by atoms with van der Waals surface area (Å²) in [4.78, 5) is 12.8. The quantitative estimate of drug-likeness (QED) is 0.503. The average Bonchev–Trinajstić information content (AvgIpc) is 3.14. The highest BCUT2D eigenvalue weighted by atomic mass is 32.2. The molecular formula is C15H19F3N6O2S. The minimum Gasteiger partial charge on any atom is -0.370 e. The molecule has 2 aromatic rings. The normalized spacial score (nSPS) is 21.4. The molecule has 3 heterocycles. The molecule has 1 unspecified atom stereocenters. The predicted molar refractivity (Wildman–Crippen MR) is 95.0 cm³/mol. The minimum absolute atomic E-state index is 0.0803. The van der Waals surface area contributed by atoms with Crippen LogP contribution in [0.2, 0.25) is 0 Å². The Balaban J connectivity index is 1.62. The van der Waals surface area contributed by atoms with Gasteiger partial charge in [-0.05, 0) is 31.1 Å². The van der Waals surface area contributed by atoms with Crippen LogP contribution in [0.25, 0.3) is 0 Å². The van der Waals surface area contributed by atoms with Crippen LogP contribution >= 0.6 is 11.4 Å². The predicted octanol–water partition coefficient (Wildman–Crippen LogP) is 3.39. The molecule has 2 N–H and O–H groups in total. The van der Waals surface area contributed by atoms with Gasteiger partial charge in [0.15, 0.2) is 0 Å². The van der Waals surface area contributed by atoms with Gasteiger partial charge in [-0.15, -0.1) is 0 Å². The summed E-state index contributed by atoms with van der Waals surface area (Å²) in [6.07, 6.45) is 0.0893. The lowest BCUT2D eigenvalue weighted by Gasteiger charge is -2.13. The molecule has 0 bridgehead atoms. The molecule has 1 aliphatic carbocycles. The largest absolute Gasteiger partial charge is 0.421 e. The summed E-state index contributed by atoms with van der Waals surface area (Å²) in [6, 6.07) is 0. The van der Waals surface area contributed by atoms with Crippen molar-refractivity contribution >= 4 is 28.8 Å². The fourth-order valence-corrected chi connectivity index (χ4v) is 3.92. The number of halogens is 3. The van der Waals surface area contributed by atoms with Gasteiger partial charge >= 0.3 is 6.18 Å². The average molecular weight is 404 g/mol. The van der Waals surface area contributed by atoms with Crippen molar-refractivity contribution in [1.29, 1.82) is 0 Å². The lowest BCUT2D eigenvalue weighted by molar-refractivity contribution is -0.171. The van der Waals surface area contributed by atoms with Crippen LogP contribution in [0.15, 0.2) is 12.4 Å². The highest BCUT2D eigenvalue weighted by molar-refractivity contribution is 8.11. The zero-order valence-electron chi connectivity index (χ0n) is 14.5. The number of aromatic nitrogens is 4. The summed E-state index contributed by atoms with van der Waals surface area (Å²) in [7, 11) is 0. The van der Waals surface area contributed by atoms with Crippen LogP contribution in [0.4, 0.5) is 30.6 Å². The van der Waals surface area contributed by atoms with E-state index in [9.17, 15) is 13.2 Å². The summed E-state index contributed by atoms with van der Waals surface area (Å²) >= 11 is -0.998. The summed E-state index contributed by atoms with van der Waals surface area (Å²) in [5.41, 5.74) is 0.632. The molecule has 2 aromatic heterocycles. The molecule has 1 saturated heterocycles. The first-order valence-corrected chi connectivity index (χ1v) is 9.97. The van der Waals surface area contributed by atoms with E-state index >= 15 is 0 Å². The molecule has 148 valence electrons. The Morgan fingerprint density at radius 1 is 1.37 bits per heavy atom. The molecule has 12 heteroatoms. The number of alkyl halides is 3. The Hall–Kier alpha value is -2.05. The molecule has 1 saturated carbocycles. The van der Waals surface area contributed by atoms with Gasteiger partial charge in [-0.1, -0.05) is 0 Å². The summed E-state index contributed by atoms with van der Waals surface area (Å²) in [5.74, 6) is 0.897. The van der Waals surface area contributed by atoms with E-state index < -0.39 is 23.1 Å². The number of nitrogens with one attached hydrogen (secondary N) is 2. The van der Waals surface area contributed by atoms with E-state index in [1.165, 1.54) is 0 Å². The van der Waals surface area contributed by atoms with E-state index in [2.05, 4.69) is 25.7 Å². The first kappa shape index (κ1) is 18.3. The monoisotopic (exact) mass is 404 g/mol. The Morgan fingerprint density at radius 2 is 2.19 bits per heavy atom. The Labute approximate surface area is 156 Å². The molecule has 1 atom stereocenters. The SMILES string of the molecule is CCNc1nc(Nc2cn([SH]3CCOO3)nc2C2CC2)ncc1C(F)(F)F. The number of anilines is 3. The van der Waals surface area contributed by atoms with Crippen LogP contribution in [0.5, 0.6) is 0 Å². The van der Waals surface area contributed by atoms with Gasteiger partial charge in [0, 0.05) is 24.4 Å². The molecule has 0 aromatic carbocycles. The van der Waals surface area contributed by atoms with Crippen LogP contribution in [-0.2, 0) is 15.4 Å². The summed E-state index contributed by atoms with van der Waals surface area (Å²) < 4.78 is 46.3. The number of hydrogen-bond donors (Lipinski definition) is 3. The third kappa shape index (κ3) is 3.96. The van der Waals surface area contributed by atoms with E-state index in [1.54, 1.807) is 17.2 Å². The maximum Gasteiger partial charge on any atom is 0.421 e. The number of nitrogens with zero attached hydrogens (tertiary/aromatic N) is 4. The van der Waals surface area contributed by atoms with Crippen molar-refractivity contribution in [3.8, 4) is 0 Å². The lowest BCUT2D eigenvalue weighted by atomic mass is 10.2. The zero-order chi connectivity index (χ0) is 19.0. The Kier molecular flexibility index (Phi) is 4.86. The van der Waals surface area contributed by atoms with Crippen LogP contribution in [-0.4, -0.2) is 38.1 Å². The Bertz CT molecular complexity index is 820. The van der Waals surface area contributed by atoms with Crippen molar-refractivity contribution in [2.24, 2.45) is 0 Å². The number of rotatable bonds is 6. The highest BCUT2D eigenvalue weighted by Crippen LogP contribution is 2.45. The molecule has 4 rings (SSSR count). The second-order valence-corrected chi connectivity index (χ2v) is 7.91. The van der Waals surface area contributed by atoms with E-state index in [0.29, 0.717) is 24.8 Å². The maximum absolute atomic E-state index is 13.1. The van der Waals surface area contributed by atoms with Crippen molar-refractivity contribution in [2.45, 2.75) is 31.9 Å². The second kappa shape index (κ2) is 7.17. The molecule has 2 fully saturated rings. The second-order valence-electron chi connectivity index (χ2n) is 6.20. The minimum atomic E-state index is -4.53. The standard InChI is InChI=1S/C15H19F3N6O2S/c1-2-19-13-10(15(16,17)18)7-20-14(22-13)21-11-8-24(27-6-5-25-26-27)23-12(11)9-3-4-9/h7-9,27H,2-6H2,1H3,(H2,19,20,21,22). The van der Waals surface area contributed by atoms with Gasteiger partial charge in [0.2, 0.25) is 5.95 Å². The van der Waals surface area contributed by atoms with Crippen LogP contribution in [0, 0.1) is 0 Å². The molecule has 0 radical (unpaired) electrons. The third-order valence-corrected chi connectivity index (χ3v) is 5.62. The van der Waals surface area contributed by atoms with Crippen molar-refractivity contribution in [3.63, 3.8) is 0 Å². The molecule has 2 aliphatic rings. The number of hydrogen-bond acceptors (Lipinski definition) is 7. The molecule has 1 aliphatic heterocycles. The lowest BCUT2D eigenvalue weighted by Crippen LogP contribution is -2.14. The van der Waals surface area contributed by atoms with Crippen LogP contribution in [0.1, 0.15) is 36.9 Å². The molecule has 8 nitrogen and oxygen atoms in total. The van der Waals surface area contributed by atoms with Gasteiger partial charge in [-0.3, -0.25) is 0 Å². The molecule has 0 spiro atoms. The van der Waals surface area contributed by atoms with Crippen molar-refractivity contribution in [1.82, 2.24) is 19.2 Å². The zero-order valence-corrected chi connectivity index (χ0v) is 15.3. The highest BCUT2D eigenvalue weighted by Gasteiger charge is 2.35. The topological polar surface area (TPSA) is 86.1 Å². The first-order valence-electron chi connectivity index (χ1n) is 8.58. The fourth-order valence-electron chi connectivity index (χ4n) is 2.70. The summed E-state index contributed by atoms with van der Waals surface area (Å²) in [6.45, 7) is 2.53. The van der Waals surface area contributed by atoms with Crippen LogP contribution in [0.3, 0.4) is 0 Å². The molecule has 27 heavy (non-hydrogen) atoms. The van der Waals surface area contributed by atoms with E-state index in [1.807, 2.05) is 0 Å². The van der Waals surface area contributed by atoms with Gasteiger partial charge in [0.05, 0.1) is 24.2 Å². The van der Waals surface area contributed by atoms with E-state index in [4.69, 9.17) is 9.22 Å². The van der Waals surface area contributed by atoms with Gasteiger partial charge in [-0.25, -0.2) is 14.0 Å². The summed E-state index contributed by atoms with van der Waals surface area (Å²) in [5, 5.41) is 10.3. The van der Waals surface area contributed by atoms with E-state index in [0.717, 1.165) is 30.5 Å². The third-order valence-electron chi connectivity index (χ3n) is 4.11. The smallest absolute Gasteiger partial charge is 0.370 e. The van der Waals surface area contributed by atoms with Crippen molar-refractivity contribution in [2.75, 3.05) is 29.5 Å². The maximum atomic E-state index is 13.1. The van der Waals surface area contributed by atoms with Gasteiger partial charge in [0.1, 0.15) is 11.4 Å². The fraction of sp³-hybridized carbons (Fsp3) is 0.533. The van der Waals surface area contributed by atoms with Crippen molar-refractivity contribution in [3.05, 3.63) is 23.7 Å². The van der Waals surface area contributed by atoms with Crippen molar-refractivity contribution < 1.29 is 22.4 Å². The first-order chi connectivity index (χ1) is 13.0. The molecular weight excluding hydrogens is 385 g/mol. The van der Waals surface area contributed by atoms with Gasteiger partial charge in [-0.2, -0.15) is 27.6 Å². The molecule has 0 amide bonds.